The fraction of sp³-hybridized carbons (Fsp3) is 0.346. The summed E-state index contributed by atoms with van der Waals surface area (Å²) in [5.74, 6) is -0.0370. The highest BCUT2D eigenvalue weighted by Gasteiger charge is 2.25. The third-order valence-corrected chi connectivity index (χ3v) is 6.38. The Morgan fingerprint density at radius 2 is 1.79 bits per heavy atom. The van der Waals surface area contributed by atoms with E-state index in [1.165, 1.54) is 5.56 Å². The van der Waals surface area contributed by atoms with Gasteiger partial charge in [-0.3, -0.25) is 4.90 Å². The van der Waals surface area contributed by atoms with Gasteiger partial charge in [-0.15, -0.1) is 0 Å². The standard InChI is InChI=1S/C26H26N2O6/c1-17-20-15-21-24(25(17)33-23(30)8-7-22(29)32-20)26(27-34-21)31-14-11-18-9-12-28(13-10-18)16-19-5-3-2-4-6-19/h2-8,15,18H,9-14,16H2,1H3/b8-7+. The van der Waals surface area contributed by atoms with Crippen LogP contribution in [0, 0.1) is 12.8 Å². The highest BCUT2D eigenvalue weighted by Crippen LogP contribution is 2.42. The average Bonchev–Trinajstić information content (AvgIpc) is 3.25. The summed E-state index contributed by atoms with van der Waals surface area (Å²) in [6.07, 6.45) is 5.21. The molecule has 0 N–H and O–H groups in total. The van der Waals surface area contributed by atoms with Gasteiger partial charge in [0.15, 0.2) is 11.3 Å². The highest BCUT2D eigenvalue weighted by molar-refractivity contribution is 5.99. The molecule has 0 amide bonds. The average molecular weight is 463 g/mol. The number of carbonyl (C=O) groups excluding carboxylic acids is 2. The minimum absolute atomic E-state index is 0.224. The van der Waals surface area contributed by atoms with Crippen LogP contribution < -0.4 is 14.2 Å². The normalized spacial score (nSPS) is 18.0. The molecule has 1 fully saturated rings. The van der Waals surface area contributed by atoms with E-state index in [9.17, 15) is 9.59 Å². The van der Waals surface area contributed by atoms with E-state index in [4.69, 9.17) is 18.7 Å². The van der Waals surface area contributed by atoms with Crippen molar-refractivity contribution in [3.63, 3.8) is 0 Å². The summed E-state index contributed by atoms with van der Waals surface area (Å²) in [4.78, 5) is 26.5. The van der Waals surface area contributed by atoms with E-state index < -0.39 is 11.9 Å². The predicted molar refractivity (Wildman–Crippen MR) is 124 cm³/mol. The Morgan fingerprint density at radius 3 is 2.56 bits per heavy atom. The molecule has 2 aliphatic heterocycles. The molecule has 0 aliphatic carbocycles. The maximum atomic E-state index is 12.1. The van der Waals surface area contributed by atoms with Crippen molar-refractivity contribution in [1.29, 1.82) is 0 Å². The number of ether oxygens (including phenoxy) is 3. The van der Waals surface area contributed by atoms with Crippen molar-refractivity contribution in [1.82, 2.24) is 10.1 Å². The molecule has 0 radical (unpaired) electrons. The topological polar surface area (TPSA) is 91.1 Å². The quantitative estimate of drug-likeness (QED) is 0.398. The lowest BCUT2D eigenvalue weighted by Crippen LogP contribution is -2.33. The zero-order chi connectivity index (χ0) is 23.5. The van der Waals surface area contributed by atoms with Crippen molar-refractivity contribution >= 4 is 22.9 Å². The molecule has 3 aromatic rings. The van der Waals surface area contributed by atoms with Crippen molar-refractivity contribution in [2.24, 2.45) is 5.92 Å². The molecule has 8 heteroatoms. The van der Waals surface area contributed by atoms with E-state index in [-0.39, 0.29) is 17.4 Å². The molecule has 1 saturated heterocycles. The minimum atomic E-state index is -0.685. The largest absolute Gasteiger partial charge is 0.475 e. The number of piperidine rings is 1. The van der Waals surface area contributed by atoms with Crippen LogP contribution in [0.25, 0.3) is 11.0 Å². The lowest BCUT2D eigenvalue weighted by Gasteiger charge is -2.31. The molecule has 0 spiro atoms. The van der Waals surface area contributed by atoms with E-state index in [2.05, 4.69) is 34.3 Å². The first-order chi connectivity index (χ1) is 16.6. The van der Waals surface area contributed by atoms with E-state index >= 15 is 0 Å². The lowest BCUT2D eigenvalue weighted by atomic mass is 9.93. The van der Waals surface area contributed by atoms with Crippen LogP contribution in [-0.2, 0) is 16.1 Å². The maximum Gasteiger partial charge on any atom is 0.336 e. The van der Waals surface area contributed by atoms with Gasteiger partial charge in [-0.25, -0.2) is 9.59 Å². The molecule has 2 bridgehead atoms. The van der Waals surface area contributed by atoms with Crippen molar-refractivity contribution in [3.8, 4) is 17.4 Å². The molecule has 0 atom stereocenters. The molecule has 2 aromatic carbocycles. The molecule has 2 aliphatic rings. The Morgan fingerprint density at radius 1 is 1.06 bits per heavy atom. The van der Waals surface area contributed by atoms with Crippen molar-refractivity contribution in [3.05, 3.63) is 59.7 Å². The fourth-order valence-corrected chi connectivity index (χ4v) is 4.46. The van der Waals surface area contributed by atoms with Gasteiger partial charge in [0.1, 0.15) is 11.1 Å². The summed E-state index contributed by atoms with van der Waals surface area (Å²) in [6, 6.07) is 12.1. The number of hydrogen-bond donors (Lipinski definition) is 0. The third kappa shape index (κ3) is 4.82. The summed E-state index contributed by atoms with van der Waals surface area (Å²) >= 11 is 0. The van der Waals surface area contributed by atoms with E-state index in [1.54, 1.807) is 13.0 Å². The number of nitrogens with zero attached hydrogens (tertiary/aromatic N) is 2. The summed E-state index contributed by atoms with van der Waals surface area (Å²) in [5.41, 5.74) is 2.16. The van der Waals surface area contributed by atoms with Gasteiger partial charge in [0, 0.05) is 30.3 Å². The molecule has 0 unspecified atom stereocenters. The second-order valence-electron chi connectivity index (χ2n) is 8.71. The van der Waals surface area contributed by atoms with Crippen molar-refractivity contribution in [2.45, 2.75) is 32.7 Å². The second-order valence-corrected chi connectivity index (χ2v) is 8.71. The van der Waals surface area contributed by atoms with Gasteiger partial charge in [0.25, 0.3) is 5.88 Å². The SMILES string of the molecule is Cc1c2cc3onc(OCCC4CCN(Cc5ccccc5)CC4)c3c1OC(=O)/C=C/C(=O)O2. The van der Waals surface area contributed by atoms with Crippen LogP contribution in [0.3, 0.4) is 0 Å². The van der Waals surface area contributed by atoms with Gasteiger partial charge in [-0.2, -0.15) is 0 Å². The Labute approximate surface area is 197 Å². The van der Waals surface area contributed by atoms with E-state index in [1.807, 2.05) is 6.07 Å². The van der Waals surface area contributed by atoms with Crippen LogP contribution in [0.4, 0.5) is 0 Å². The molecule has 1 aromatic heterocycles. The summed E-state index contributed by atoms with van der Waals surface area (Å²) < 4.78 is 22.1. The second kappa shape index (κ2) is 9.69. The maximum absolute atomic E-state index is 12.1. The number of likely N-dealkylation sites (tertiary alicyclic amines) is 1. The number of fused-ring (bicyclic) bond motifs is 4. The van der Waals surface area contributed by atoms with Gasteiger partial charge in [0.05, 0.1) is 6.61 Å². The monoisotopic (exact) mass is 462 g/mol. The Kier molecular flexibility index (Phi) is 6.31. The fourth-order valence-electron chi connectivity index (χ4n) is 4.46. The molecular weight excluding hydrogens is 436 g/mol. The molecule has 8 nitrogen and oxygen atoms in total. The predicted octanol–water partition coefficient (Wildman–Crippen LogP) is 4.20. The van der Waals surface area contributed by atoms with Gasteiger partial charge in [-0.1, -0.05) is 30.3 Å². The van der Waals surface area contributed by atoms with Crippen LogP contribution in [-0.4, -0.2) is 41.7 Å². The van der Waals surface area contributed by atoms with Crippen molar-refractivity contribution in [2.75, 3.05) is 19.7 Å². The number of esters is 2. The summed E-state index contributed by atoms with van der Waals surface area (Å²) in [5, 5.41) is 4.49. The Bertz CT molecular complexity index is 1230. The molecule has 176 valence electrons. The molecule has 34 heavy (non-hydrogen) atoms. The lowest BCUT2D eigenvalue weighted by molar-refractivity contribution is -0.131. The first-order valence-electron chi connectivity index (χ1n) is 11.5. The van der Waals surface area contributed by atoms with Gasteiger partial charge < -0.3 is 18.7 Å². The van der Waals surface area contributed by atoms with Crippen LogP contribution in [0.5, 0.6) is 17.4 Å². The number of rotatable bonds is 6. The molecule has 0 saturated carbocycles. The van der Waals surface area contributed by atoms with Gasteiger partial charge in [-0.05, 0) is 55.9 Å². The van der Waals surface area contributed by atoms with Gasteiger partial charge >= 0.3 is 11.9 Å². The van der Waals surface area contributed by atoms with E-state index in [0.717, 1.165) is 51.0 Å². The third-order valence-electron chi connectivity index (χ3n) is 6.38. The number of carbonyl (C=O) groups is 2. The van der Waals surface area contributed by atoms with Crippen LogP contribution in [0.15, 0.2) is 53.1 Å². The molecule has 3 heterocycles. The number of hydrogen-bond acceptors (Lipinski definition) is 8. The Balaban J connectivity index is 1.22. The zero-order valence-electron chi connectivity index (χ0n) is 19.0. The zero-order valence-corrected chi connectivity index (χ0v) is 19.0. The van der Waals surface area contributed by atoms with Crippen LogP contribution in [0.1, 0.15) is 30.4 Å². The first-order valence-corrected chi connectivity index (χ1v) is 11.5. The highest BCUT2D eigenvalue weighted by atomic mass is 16.6. The number of benzene rings is 2. The van der Waals surface area contributed by atoms with Crippen molar-refractivity contribution < 1.29 is 28.3 Å². The minimum Gasteiger partial charge on any atom is -0.475 e. The van der Waals surface area contributed by atoms with E-state index in [0.29, 0.717) is 29.1 Å². The Hall–Kier alpha value is -3.65. The summed E-state index contributed by atoms with van der Waals surface area (Å²) in [7, 11) is 0. The smallest absolute Gasteiger partial charge is 0.336 e. The number of aromatic nitrogens is 1. The summed E-state index contributed by atoms with van der Waals surface area (Å²) in [6.45, 7) is 5.31. The molecule has 5 rings (SSSR count). The van der Waals surface area contributed by atoms with Gasteiger partial charge in [0.2, 0.25) is 0 Å². The molecular formula is C26H26N2O6. The van der Waals surface area contributed by atoms with Crippen LogP contribution >= 0.6 is 0 Å². The van der Waals surface area contributed by atoms with Crippen LogP contribution in [0.2, 0.25) is 0 Å². The first kappa shape index (κ1) is 22.2.